The van der Waals surface area contributed by atoms with E-state index >= 15 is 0 Å². The van der Waals surface area contributed by atoms with Gasteiger partial charge < -0.3 is 4.90 Å². The first-order chi connectivity index (χ1) is 11.4. The maximum atomic E-state index is 12.9. The monoisotopic (exact) mass is 342 g/mol. The van der Waals surface area contributed by atoms with E-state index in [1.54, 1.807) is 11.3 Å². The summed E-state index contributed by atoms with van der Waals surface area (Å²) in [5.41, 5.74) is 2.10. The summed E-state index contributed by atoms with van der Waals surface area (Å²) < 4.78 is 0. The molecular formula is C20H26N2OS. The van der Waals surface area contributed by atoms with E-state index < -0.39 is 0 Å². The Bertz CT molecular complexity index is 687. The Morgan fingerprint density at radius 2 is 2.04 bits per heavy atom. The van der Waals surface area contributed by atoms with E-state index in [4.69, 9.17) is 0 Å². The number of nitrogens with zero attached hydrogens (tertiary/aromatic N) is 2. The van der Waals surface area contributed by atoms with Gasteiger partial charge in [-0.3, -0.25) is 4.79 Å². The van der Waals surface area contributed by atoms with E-state index in [9.17, 15) is 4.79 Å². The van der Waals surface area contributed by atoms with Gasteiger partial charge in [0.05, 0.1) is 5.01 Å². The van der Waals surface area contributed by atoms with Gasteiger partial charge in [0.2, 0.25) is 0 Å². The number of amides is 1. The number of likely N-dealkylation sites (tertiary alicyclic amines) is 1. The molecule has 0 N–H and O–H groups in total. The van der Waals surface area contributed by atoms with Gasteiger partial charge in [0.25, 0.3) is 5.91 Å². The number of thiazole rings is 1. The van der Waals surface area contributed by atoms with Gasteiger partial charge in [-0.05, 0) is 30.2 Å². The lowest BCUT2D eigenvalue weighted by Gasteiger charge is -2.30. The van der Waals surface area contributed by atoms with Crippen LogP contribution in [0.25, 0.3) is 0 Å². The molecule has 1 unspecified atom stereocenters. The maximum absolute atomic E-state index is 12.9. The van der Waals surface area contributed by atoms with Gasteiger partial charge in [-0.1, -0.05) is 51.1 Å². The first-order valence-corrected chi connectivity index (χ1v) is 9.60. The van der Waals surface area contributed by atoms with Crippen molar-refractivity contribution in [3.63, 3.8) is 0 Å². The van der Waals surface area contributed by atoms with Crippen LogP contribution < -0.4 is 0 Å². The lowest BCUT2D eigenvalue weighted by Crippen LogP contribution is -2.37. The highest BCUT2D eigenvalue weighted by molar-refractivity contribution is 7.09. The molecule has 0 spiro atoms. The molecule has 1 amide bonds. The molecule has 24 heavy (non-hydrogen) atoms. The Labute approximate surface area is 148 Å². The van der Waals surface area contributed by atoms with Crippen LogP contribution >= 0.6 is 11.3 Å². The summed E-state index contributed by atoms with van der Waals surface area (Å²) in [5, 5.41) is 2.93. The number of hydrogen-bond donors (Lipinski definition) is 0. The summed E-state index contributed by atoms with van der Waals surface area (Å²) >= 11 is 1.59. The lowest BCUT2D eigenvalue weighted by molar-refractivity contribution is 0.0699. The molecule has 0 saturated carbocycles. The van der Waals surface area contributed by atoms with E-state index in [-0.39, 0.29) is 11.3 Å². The third kappa shape index (κ3) is 4.23. The van der Waals surface area contributed by atoms with Gasteiger partial charge in [0.15, 0.2) is 0 Å². The van der Waals surface area contributed by atoms with Crippen molar-refractivity contribution in [1.29, 1.82) is 0 Å². The van der Waals surface area contributed by atoms with Crippen molar-refractivity contribution in [3.8, 4) is 0 Å². The normalized spacial score (nSPS) is 18.1. The molecule has 3 rings (SSSR count). The topological polar surface area (TPSA) is 33.2 Å². The van der Waals surface area contributed by atoms with Gasteiger partial charge in [0.1, 0.15) is 5.69 Å². The minimum Gasteiger partial charge on any atom is -0.334 e. The molecule has 128 valence electrons. The Hall–Kier alpha value is -1.68. The smallest absolute Gasteiger partial charge is 0.273 e. The fourth-order valence-corrected chi connectivity index (χ4v) is 4.23. The second-order valence-corrected chi connectivity index (χ2v) is 8.79. The molecule has 0 radical (unpaired) electrons. The van der Waals surface area contributed by atoms with Crippen molar-refractivity contribution < 1.29 is 4.79 Å². The molecule has 0 aliphatic carbocycles. The Balaban J connectivity index is 1.69. The second kappa shape index (κ2) is 7.06. The summed E-state index contributed by atoms with van der Waals surface area (Å²) in [4.78, 5) is 19.5. The number of hydrogen-bond acceptors (Lipinski definition) is 3. The molecule has 2 aromatic rings. The fourth-order valence-electron chi connectivity index (χ4n) is 3.43. The van der Waals surface area contributed by atoms with Crippen LogP contribution in [0.3, 0.4) is 0 Å². The number of carbonyl (C=O) groups excluding carboxylic acids is 1. The highest BCUT2D eigenvalue weighted by atomic mass is 32.1. The van der Waals surface area contributed by atoms with Gasteiger partial charge in [0, 0.05) is 24.4 Å². The van der Waals surface area contributed by atoms with E-state index in [1.165, 1.54) is 5.56 Å². The summed E-state index contributed by atoms with van der Waals surface area (Å²) in [6.45, 7) is 7.60. The van der Waals surface area contributed by atoms with Crippen molar-refractivity contribution in [2.24, 2.45) is 5.41 Å². The fraction of sp³-hybridized carbons (Fsp3) is 0.500. The summed E-state index contributed by atoms with van der Waals surface area (Å²) in [6.07, 6.45) is 4.07. The van der Waals surface area contributed by atoms with Gasteiger partial charge in [-0.2, -0.15) is 0 Å². The van der Waals surface area contributed by atoms with Crippen LogP contribution in [0.15, 0.2) is 35.7 Å². The largest absolute Gasteiger partial charge is 0.334 e. The number of aromatic nitrogens is 1. The quantitative estimate of drug-likeness (QED) is 0.801. The number of carbonyl (C=O) groups is 1. The average molecular weight is 343 g/mol. The highest BCUT2D eigenvalue weighted by Crippen LogP contribution is 2.31. The predicted molar refractivity (Wildman–Crippen MR) is 99.5 cm³/mol. The third-order valence-corrected chi connectivity index (χ3v) is 5.30. The molecular weight excluding hydrogens is 316 g/mol. The van der Waals surface area contributed by atoms with Gasteiger partial charge in [-0.15, -0.1) is 11.3 Å². The zero-order valence-electron chi connectivity index (χ0n) is 14.8. The minimum absolute atomic E-state index is 0.109. The van der Waals surface area contributed by atoms with Gasteiger partial charge >= 0.3 is 0 Å². The molecule has 0 bridgehead atoms. The van der Waals surface area contributed by atoms with Crippen LogP contribution in [0.5, 0.6) is 0 Å². The predicted octanol–water partition coefficient (Wildman–Crippen LogP) is 4.77. The number of rotatable bonds is 4. The standard InChI is InChI=1S/C20H26N2OS/c1-20(2,3)13-16-10-7-11-22(16)19(23)17-14-24-18(21-17)12-15-8-5-4-6-9-15/h4-6,8-9,14,16H,7,10-13H2,1-3H3. The first kappa shape index (κ1) is 17.2. The van der Waals surface area contributed by atoms with Gasteiger partial charge in [-0.25, -0.2) is 4.98 Å². The van der Waals surface area contributed by atoms with E-state index in [1.807, 2.05) is 28.5 Å². The molecule has 2 heterocycles. The lowest BCUT2D eigenvalue weighted by atomic mass is 9.87. The average Bonchev–Trinajstić information content (AvgIpc) is 3.15. The second-order valence-electron chi connectivity index (χ2n) is 7.85. The Kier molecular flexibility index (Phi) is 5.04. The third-order valence-electron chi connectivity index (χ3n) is 4.46. The zero-order chi connectivity index (χ0) is 17.2. The van der Waals surface area contributed by atoms with Crippen LogP contribution in [0, 0.1) is 5.41 Å². The molecule has 1 saturated heterocycles. The van der Waals surface area contributed by atoms with Crippen LogP contribution in [0.1, 0.15) is 61.1 Å². The summed E-state index contributed by atoms with van der Waals surface area (Å²) in [7, 11) is 0. The van der Waals surface area contributed by atoms with Crippen LogP contribution in [-0.2, 0) is 6.42 Å². The van der Waals surface area contributed by atoms with Crippen LogP contribution in [-0.4, -0.2) is 28.4 Å². The molecule has 1 aromatic heterocycles. The minimum atomic E-state index is 0.109. The summed E-state index contributed by atoms with van der Waals surface area (Å²) in [5.74, 6) is 0.109. The molecule has 4 heteroatoms. The highest BCUT2D eigenvalue weighted by Gasteiger charge is 2.33. The SMILES string of the molecule is CC(C)(C)CC1CCCN1C(=O)c1csc(Cc2ccccc2)n1. The Morgan fingerprint density at radius 1 is 1.29 bits per heavy atom. The molecule has 1 aromatic carbocycles. The molecule has 1 atom stereocenters. The molecule has 3 nitrogen and oxygen atoms in total. The van der Waals surface area contributed by atoms with Crippen molar-refractivity contribution in [2.45, 2.75) is 52.5 Å². The van der Waals surface area contributed by atoms with E-state index in [0.29, 0.717) is 11.7 Å². The van der Waals surface area contributed by atoms with Crippen molar-refractivity contribution in [2.75, 3.05) is 6.54 Å². The first-order valence-electron chi connectivity index (χ1n) is 8.72. The Morgan fingerprint density at radius 3 is 2.75 bits per heavy atom. The molecule has 1 aliphatic rings. The maximum Gasteiger partial charge on any atom is 0.273 e. The van der Waals surface area contributed by atoms with Crippen LogP contribution in [0.2, 0.25) is 0 Å². The molecule has 1 aliphatic heterocycles. The van der Waals surface area contributed by atoms with Crippen molar-refractivity contribution in [1.82, 2.24) is 9.88 Å². The van der Waals surface area contributed by atoms with Crippen LogP contribution in [0.4, 0.5) is 0 Å². The van der Waals surface area contributed by atoms with E-state index in [2.05, 4.69) is 37.9 Å². The van der Waals surface area contributed by atoms with Crippen molar-refractivity contribution in [3.05, 3.63) is 52.0 Å². The zero-order valence-corrected chi connectivity index (χ0v) is 15.6. The molecule has 1 fully saturated rings. The summed E-state index contributed by atoms with van der Waals surface area (Å²) in [6, 6.07) is 10.7. The van der Waals surface area contributed by atoms with Crippen molar-refractivity contribution >= 4 is 17.2 Å². The van der Waals surface area contributed by atoms with E-state index in [0.717, 1.165) is 37.2 Å². The number of benzene rings is 1.